The van der Waals surface area contributed by atoms with Crippen LogP contribution in [0.1, 0.15) is 24.1 Å². The van der Waals surface area contributed by atoms with E-state index in [9.17, 15) is 4.79 Å². The highest BCUT2D eigenvalue weighted by molar-refractivity contribution is 6.35. The summed E-state index contributed by atoms with van der Waals surface area (Å²) in [6, 6.07) is 14.1. The first-order chi connectivity index (χ1) is 11.0. The van der Waals surface area contributed by atoms with Crippen molar-refractivity contribution in [3.05, 3.63) is 63.6 Å². The third-order valence-corrected chi connectivity index (χ3v) is 3.97. The van der Waals surface area contributed by atoms with Crippen LogP contribution in [-0.4, -0.2) is 12.5 Å². The van der Waals surface area contributed by atoms with Crippen molar-refractivity contribution in [1.82, 2.24) is 0 Å². The van der Waals surface area contributed by atoms with Gasteiger partial charge in [0.1, 0.15) is 6.04 Å². The van der Waals surface area contributed by atoms with Crippen molar-refractivity contribution in [3.63, 3.8) is 0 Å². The first kappa shape index (κ1) is 17.3. The molecule has 0 heterocycles. The van der Waals surface area contributed by atoms with Crippen LogP contribution < -0.4 is 10.6 Å². The lowest BCUT2D eigenvalue weighted by Crippen LogP contribution is -2.86. The van der Waals surface area contributed by atoms with Gasteiger partial charge in [0.15, 0.2) is 6.54 Å². The Balaban J connectivity index is 1.89. The molecule has 0 fully saturated rings. The van der Waals surface area contributed by atoms with Gasteiger partial charge in [0, 0.05) is 16.3 Å². The molecule has 1 atom stereocenters. The van der Waals surface area contributed by atoms with Crippen LogP contribution in [0.5, 0.6) is 0 Å². The Bertz CT molecular complexity index is 738. The maximum Gasteiger partial charge on any atom is 0.279 e. The molecule has 118 valence electrons. The summed E-state index contributed by atoms with van der Waals surface area (Å²) in [5.41, 5.74) is 2.15. The minimum Gasteiger partial charge on any atom is -0.332 e. The number of nitrogens with zero attached hydrogens (tertiary/aromatic N) is 1. The molecule has 23 heavy (non-hydrogen) atoms. The van der Waals surface area contributed by atoms with E-state index in [0.29, 0.717) is 21.3 Å². The van der Waals surface area contributed by atoms with Gasteiger partial charge in [0.05, 0.1) is 16.7 Å². The lowest BCUT2D eigenvalue weighted by molar-refractivity contribution is -0.682. The van der Waals surface area contributed by atoms with E-state index < -0.39 is 0 Å². The van der Waals surface area contributed by atoms with Crippen LogP contribution in [0.15, 0.2) is 42.5 Å². The number of hydrogen-bond donors (Lipinski definition) is 2. The third kappa shape index (κ3) is 4.97. The van der Waals surface area contributed by atoms with Crippen LogP contribution in [0, 0.1) is 11.3 Å². The number of nitrogens with two attached hydrogens (primary N) is 1. The van der Waals surface area contributed by atoms with Gasteiger partial charge in [0.25, 0.3) is 5.91 Å². The third-order valence-electron chi connectivity index (χ3n) is 3.41. The van der Waals surface area contributed by atoms with Crippen molar-refractivity contribution < 1.29 is 10.1 Å². The smallest absolute Gasteiger partial charge is 0.279 e. The summed E-state index contributed by atoms with van der Waals surface area (Å²) < 4.78 is 0. The highest BCUT2D eigenvalue weighted by Crippen LogP contribution is 2.24. The highest BCUT2D eigenvalue weighted by atomic mass is 35.5. The largest absolute Gasteiger partial charge is 0.332 e. The lowest BCUT2D eigenvalue weighted by atomic mass is 10.1. The number of amides is 1. The van der Waals surface area contributed by atoms with Crippen molar-refractivity contribution in [2.24, 2.45) is 0 Å². The lowest BCUT2D eigenvalue weighted by Gasteiger charge is -2.13. The fourth-order valence-corrected chi connectivity index (χ4v) is 2.70. The molecule has 2 aromatic rings. The molecular formula is C17H16Cl2N3O+. The summed E-state index contributed by atoms with van der Waals surface area (Å²) in [6.07, 6.45) is 0. The minimum atomic E-state index is -0.119. The molecule has 0 unspecified atom stereocenters. The number of benzene rings is 2. The average molecular weight is 349 g/mol. The summed E-state index contributed by atoms with van der Waals surface area (Å²) >= 11 is 12.0. The zero-order chi connectivity index (χ0) is 16.8. The summed E-state index contributed by atoms with van der Waals surface area (Å²) in [5, 5.41) is 14.6. The molecule has 0 aliphatic carbocycles. The molecule has 2 rings (SSSR count). The highest BCUT2D eigenvalue weighted by Gasteiger charge is 2.15. The van der Waals surface area contributed by atoms with E-state index in [1.165, 1.54) is 0 Å². The van der Waals surface area contributed by atoms with Crippen LogP contribution in [0.4, 0.5) is 5.69 Å². The van der Waals surface area contributed by atoms with Gasteiger partial charge >= 0.3 is 0 Å². The second-order valence-electron chi connectivity index (χ2n) is 5.13. The van der Waals surface area contributed by atoms with Gasteiger partial charge in [-0.1, -0.05) is 29.3 Å². The van der Waals surface area contributed by atoms with E-state index in [0.717, 1.165) is 5.56 Å². The van der Waals surface area contributed by atoms with Gasteiger partial charge in [-0.3, -0.25) is 4.79 Å². The Hall–Kier alpha value is -2.06. The van der Waals surface area contributed by atoms with Gasteiger partial charge in [-0.05, 0) is 43.3 Å². The number of halogens is 2. The van der Waals surface area contributed by atoms with Crippen LogP contribution in [-0.2, 0) is 4.79 Å². The zero-order valence-corrected chi connectivity index (χ0v) is 14.0. The molecule has 3 N–H and O–H groups in total. The molecule has 0 radical (unpaired) electrons. The number of rotatable bonds is 5. The van der Waals surface area contributed by atoms with E-state index >= 15 is 0 Å². The quantitative estimate of drug-likeness (QED) is 0.871. The molecule has 0 saturated carbocycles. The number of hydrogen-bond acceptors (Lipinski definition) is 2. The number of carbonyl (C=O) groups excluding carboxylic acids is 1. The molecule has 6 heteroatoms. The van der Waals surface area contributed by atoms with E-state index in [2.05, 4.69) is 5.32 Å². The second-order valence-corrected chi connectivity index (χ2v) is 5.98. The standard InChI is InChI=1S/C17H15Cl2N3O/c1-11(15-7-4-13(18)8-16(15)19)21-10-17(23)22-14-5-2-12(9-20)3-6-14/h2-8,11,21H,10H2,1H3,(H,22,23)/p+1/t11-/m0/s1. The van der Waals surface area contributed by atoms with Crippen LogP contribution in [0.2, 0.25) is 10.0 Å². The normalized spacial score (nSPS) is 11.6. The van der Waals surface area contributed by atoms with Crippen molar-refractivity contribution in [3.8, 4) is 6.07 Å². The van der Waals surface area contributed by atoms with Crippen LogP contribution >= 0.6 is 23.2 Å². The van der Waals surface area contributed by atoms with Crippen molar-refractivity contribution in [2.45, 2.75) is 13.0 Å². The first-order valence-corrected chi connectivity index (χ1v) is 7.83. The number of nitriles is 1. The molecule has 1 amide bonds. The van der Waals surface area contributed by atoms with Gasteiger partial charge in [0.2, 0.25) is 0 Å². The monoisotopic (exact) mass is 348 g/mol. The Morgan fingerprint density at radius 2 is 1.96 bits per heavy atom. The fraction of sp³-hybridized carbons (Fsp3) is 0.176. The SMILES string of the molecule is C[C@H]([NH2+]CC(=O)Nc1ccc(C#N)cc1)c1ccc(Cl)cc1Cl. The molecule has 0 aliphatic heterocycles. The summed E-state index contributed by atoms with van der Waals surface area (Å²) in [7, 11) is 0. The van der Waals surface area contributed by atoms with E-state index in [1.54, 1.807) is 36.4 Å². The van der Waals surface area contributed by atoms with E-state index in [4.69, 9.17) is 28.5 Å². The molecule has 0 spiro atoms. The van der Waals surface area contributed by atoms with Gasteiger partial charge in [-0.15, -0.1) is 0 Å². The summed E-state index contributed by atoms with van der Waals surface area (Å²) in [4.78, 5) is 12.0. The molecule has 4 nitrogen and oxygen atoms in total. The number of quaternary nitrogens is 1. The fourth-order valence-electron chi connectivity index (χ4n) is 2.12. The number of anilines is 1. The Kier molecular flexibility index (Phi) is 6.00. The first-order valence-electron chi connectivity index (χ1n) is 7.08. The van der Waals surface area contributed by atoms with E-state index in [1.807, 2.05) is 24.4 Å². The molecular weight excluding hydrogens is 333 g/mol. The minimum absolute atomic E-state index is 0.0338. The molecule has 0 bridgehead atoms. The summed E-state index contributed by atoms with van der Waals surface area (Å²) in [6.45, 7) is 2.24. The predicted octanol–water partition coefficient (Wildman–Crippen LogP) is 3.13. The molecule has 0 saturated heterocycles. The molecule has 0 aromatic heterocycles. The van der Waals surface area contributed by atoms with Gasteiger partial charge < -0.3 is 10.6 Å². The molecule has 2 aromatic carbocycles. The second kappa shape index (κ2) is 7.98. The average Bonchev–Trinajstić information content (AvgIpc) is 2.53. The van der Waals surface area contributed by atoms with Crippen LogP contribution in [0.25, 0.3) is 0 Å². The Labute approximate surface area is 145 Å². The van der Waals surface area contributed by atoms with Crippen molar-refractivity contribution in [2.75, 3.05) is 11.9 Å². The molecule has 0 aliphatic rings. The van der Waals surface area contributed by atoms with E-state index in [-0.39, 0.29) is 18.5 Å². The topological polar surface area (TPSA) is 69.5 Å². The number of nitrogens with one attached hydrogen (secondary N) is 1. The maximum absolute atomic E-state index is 12.0. The van der Waals surface area contributed by atoms with Gasteiger partial charge in [-0.2, -0.15) is 5.26 Å². The van der Waals surface area contributed by atoms with Gasteiger partial charge in [-0.25, -0.2) is 0 Å². The van der Waals surface area contributed by atoms with Crippen LogP contribution in [0.3, 0.4) is 0 Å². The maximum atomic E-state index is 12.0. The van der Waals surface area contributed by atoms with Crippen molar-refractivity contribution >= 4 is 34.8 Å². The Morgan fingerprint density at radius 1 is 1.26 bits per heavy atom. The van der Waals surface area contributed by atoms with Crippen molar-refractivity contribution in [1.29, 1.82) is 5.26 Å². The zero-order valence-electron chi connectivity index (χ0n) is 12.5. The number of carbonyl (C=O) groups is 1. The summed E-state index contributed by atoms with van der Waals surface area (Å²) in [5.74, 6) is -0.119. The Morgan fingerprint density at radius 3 is 2.57 bits per heavy atom. The predicted molar refractivity (Wildman–Crippen MR) is 91.5 cm³/mol.